The van der Waals surface area contributed by atoms with Crippen LogP contribution in [-0.4, -0.2) is 25.6 Å². The van der Waals surface area contributed by atoms with Gasteiger partial charge in [-0.05, 0) is 49.4 Å². The SMILES string of the molecule is Cc1cc(N[C@H]2CCc3ccc(Br)cc3C2)n2nc(C(C)(F)F)nc2n1. The molecule has 0 unspecified atom stereocenters. The highest BCUT2D eigenvalue weighted by molar-refractivity contribution is 9.10. The van der Waals surface area contributed by atoms with Gasteiger partial charge in [0.1, 0.15) is 5.82 Å². The minimum absolute atomic E-state index is 0.183. The summed E-state index contributed by atoms with van der Waals surface area (Å²) >= 11 is 3.52. The van der Waals surface area contributed by atoms with Gasteiger partial charge in [-0.25, -0.2) is 4.98 Å². The first-order valence-electron chi connectivity index (χ1n) is 8.46. The van der Waals surface area contributed by atoms with E-state index in [1.54, 1.807) is 0 Å². The number of nitrogens with zero attached hydrogens (tertiary/aromatic N) is 4. The molecule has 2 heterocycles. The fourth-order valence-electron chi connectivity index (χ4n) is 3.33. The van der Waals surface area contributed by atoms with E-state index < -0.39 is 11.7 Å². The molecular weight excluding hydrogens is 404 g/mol. The second kappa shape index (κ2) is 6.26. The van der Waals surface area contributed by atoms with Crippen molar-refractivity contribution in [1.29, 1.82) is 0 Å². The molecule has 1 aliphatic rings. The van der Waals surface area contributed by atoms with Gasteiger partial charge >= 0.3 is 5.92 Å². The molecule has 8 heteroatoms. The zero-order chi connectivity index (χ0) is 18.5. The fraction of sp³-hybridized carbons (Fsp3) is 0.389. The molecule has 0 amide bonds. The Labute approximate surface area is 158 Å². The molecule has 1 atom stereocenters. The van der Waals surface area contributed by atoms with Crippen LogP contribution in [0.15, 0.2) is 28.7 Å². The third-order valence-corrected chi connectivity index (χ3v) is 5.07. The maximum absolute atomic E-state index is 13.6. The Morgan fingerprint density at radius 2 is 2.04 bits per heavy atom. The highest BCUT2D eigenvalue weighted by Crippen LogP contribution is 2.28. The van der Waals surface area contributed by atoms with Crippen LogP contribution in [0.3, 0.4) is 0 Å². The Balaban J connectivity index is 1.66. The van der Waals surface area contributed by atoms with E-state index in [0.29, 0.717) is 11.5 Å². The minimum atomic E-state index is -3.10. The highest BCUT2D eigenvalue weighted by atomic mass is 79.9. The Kier molecular flexibility index (Phi) is 4.17. The van der Waals surface area contributed by atoms with Gasteiger partial charge < -0.3 is 5.32 Å². The lowest BCUT2D eigenvalue weighted by molar-refractivity contribution is 0.00800. The molecule has 136 valence electrons. The summed E-state index contributed by atoms with van der Waals surface area (Å²) in [5.74, 6) is -2.80. The molecule has 5 nitrogen and oxygen atoms in total. The molecule has 0 saturated heterocycles. The second-order valence-corrected chi connectivity index (χ2v) is 7.73. The summed E-state index contributed by atoms with van der Waals surface area (Å²) in [5, 5.41) is 7.42. The van der Waals surface area contributed by atoms with Crippen molar-refractivity contribution >= 4 is 27.5 Å². The Bertz CT molecular complexity index is 980. The number of nitrogens with one attached hydrogen (secondary N) is 1. The van der Waals surface area contributed by atoms with Crippen molar-refractivity contribution in [3.8, 4) is 0 Å². The lowest BCUT2D eigenvalue weighted by atomic mass is 9.88. The Morgan fingerprint density at radius 3 is 2.81 bits per heavy atom. The third-order valence-electron chi connectivity index (χ3n) is 4.58. The van der Waals surface area contributed by atoms with Crippen LogP contribution in [0.1, 0.15) is 36.0 Å². The summed E-state index contributed by atoms with van der Waals surface area (Å²) in [7, 11) is 0. The summed E-state index contributed by atoms with van der Waals surface area (Å²) in [4.78, 5) is 8.11. The van der Waals surface area contributed by atoms with Gasteiger partial charge in [-0.1, -0.05) is 22.0 Å². The van der Waals surface area contributed by atoms with E-state index in [9.17, 15) is 8.78 Å². The van der Waals surface area contributed by atoms with Crippen LogP contribution in [0.4, 0.5) is 14.6 Å². The van der Waals surface area contributed by atoms with E-state index in [2.05, 4.69) is 54.5 Å². The van der Waals surface area contributed by atoms with Gasteiger partial charge in [-0.2, -0.15) is 18.3 Å². The quantitative estimate of drug-likeness (QED) is 0.685. The summed E-state index contributed by atoms with van der Waals surface area (Å²) in [5.41, 5.74) is 3.36. The minimum Gasteiger partial charge on any atom is -0.367 e. The van der Waals surface area contributed by atoms with Crippen LogP contribution in [0, 0.1) is 6.92 Å². The van der Waals surface area contributed by atoms with E-state index in [4.69, 9.17) is 0 Å². The van der Waals surface area contributed by atoms with Crippen LogP contribution in [0.25, 0.3) is 5.78 Å². The Morgan fingerprint density at radius 1 is 1.23 bits per heavy atom. The number of hydrogen-bond donors (Lipinski definition) is 1. The number of halogens is 3. The smallest absolute Gasteiger partial charge is 0.305 e. The summed E-state index contributed by atoms with van der Waals surface area (Å²) in [6.07, 6.45) is 2.80. The normalized spacial score (nSPS) is 17.3. The number of aryl methyl sites for hydroxylation is 2. The van der Waals surface area contributed by atoms with E-state index in [1.807, 2.05) is 13.0 Å². The predicted molar refractivity (Wildman–Crippen MR) is 98.7 cm³/mol. The maximum Gasteiger partial charge on any atom is 0.305 e. The van der Waals surface area contributed by atoms with Gasteiger partial charge in [0.15, 0.2) is 0 Å². The third kappa shape index (κ3) is 3.30. The number of aromatic nitrogens is 4. The van der Waals surface area contributed by atoms with Gasteiger partial charge in [0.25, 0.3) is 5.78 Å². The van der Waals surface area contributed by atoms with Gasteiger partial charge in [-0.15, -0.1) is 5.10 Å². The van der Waals surface area contributed by atoms with Crippen molar-refractivity contribution in [1.82, 2.24) is 19.6 Å². The van der Waals surface area contributed by atoms with E-state index in [-0.39, 0.29) is 11.8 Å². The molecule has 3 aromatic rings. The average molecular weight is 422 g/mol. The molecule has 1 aliphatic carbocycles. The first-order chi connectivity index (χ1) is 12.3. The maximum atomic E-state index is 13.6. The number of anilines is 1. The molecule has 0 fully saturated rings. The summed E-state index contributed by atoms with van der Waals surface area (Å²) < 4.78 is 29.6. The molecule has 26 heavy (non-hydrogen) atoms. The van der Waals surface area contributed by atoms with Crippen LogP contribution in [-0.2, 0) is 18.8 Å². The zero-order valence-corrected chi connectivity index (χ0v) is 16.0. The number of rotatable bonds is 3. The topological polar surface area (TPSA) is 55.1 Å². The van der Waals surface area contributed by atoms with Crippen molar-refractivity contribution in [2.24, 2.45) is 0 Å². The molecule has 0 bridgehead atoms. The number of fused-ring (bicyclic) bond motifs is 2. The van der Waals surface area contributed by atoms with Gasteiger partial charge in [-0.3, -0.25) is 0 Å². The molecule has 1 aromatic carbocycles. The molecule has 4 rings (SSSR count). The highest BCUT2D eigenvalue weighted by Gasteiger charge is 2.31. The van der Waals surface area contributed by atoms with Crippen molar-refractivity contribution in [3.05, 3.63) is 51.4 Å². The van der Waals surface area contributed by atoms with Gasteiger partial charge in [0.2, 0.25) is 5.82 Å². The molecule has 1 N–H and O–H groups in total. The first kappa shape index (κ1) is 17.3. The lowest BCUT2D eigenvalue weighted by Gasteiger charge is -2.26. The van der Waals surface area contributed by atoms with Crippen LogP contribution >= 0.6 is 15.9 Å². The molecular formula is C18H18BrF2N5. The van der Waals surface area contributed by atoms with Crippen molar-refractivity contribution in [3.63, 3.8) is 0 Å². The van der Waals surface area contributed by atoms with Crippen LogP contribution in [0.5, 0.6) is 0 Å². The van der Waals surface area contributed by atoms with Crippen LogP contribution in [0.2, 0.25) is 0 Å². The average Bonchev–Trinajstić information content (AvgIpc) is 2.99. The van der Waals surface area contributed by atoms with Crippen molar-refractivity contribution < 1.29 is 8.78 Å². The number of alkyl halides is 2. The molecule has 0 aliphatic heterocycles. The van der Waals surface area contributed by atoms with Crippen molar-refractivity contribution in [2.45, 2.75) is 45.1 Å². The largest absolute Gasteiger partial charge is 0.367 e. The fourth-order valence-corrected chi connectivity index (χ4v) is 3.74. The predicted octanol–water partition coefficient (Wildman–Crippen LogP) is 4.28. The lowest BCUT2D eigenvalue weighted by Crippen LogP contribution is -2.28. The summed E-state index contributed by atoms with van der Waals surface area (Å²) in [6.45, 7) is 2.61. The second-order valence-electron chi connectivity index (χ2n) is 6.82. The van der Waals surface area contributed by atoms with Gasteiger partial charge in [0, 0.05) is 29.2 Å². The van der Waals surface area contributed by atoms with E-state index in [1.165, 1.54) is 15.6 Å². The molecule has 0 radical (unpaired) electrons. The first-order valence-corrected chi connectivity index (χ1v) is 9.25. The zero-order valence-electron chi connectivity index (χ0n) is 14.4. The van der Waals surface area contributed by atoms with E-state index in [0.717, 1.165) is 30.7 Å². The standard InChI is InChI=1S/C18H18BrF2N5/c1-10-7-15(26-17(22-10)24-16(25-26)18(2,20)21)23-14-6-4-11-3-5-13(19)8-12(11)9-14/h3,5,7-8,14,23H,4,6,9H2,1-2H3/t14-/m0/s1. The Hall–Kier alpha value is -2.09. The van der Waals surface area contributed by atoms with Crippen molar-refractivity contribution in [2.75, 3.05) is 5.32 Å². The van der Waals surface area contributed by atoms with Crippen LogP contribution < -0.4 is 5.32 Å². The van der Waals surface area contributed by atoms with Gasteiger partial charge in [0.05, 0.1) is 0 Å². The molecule has 0 saturated carbocycles. The number of hydrogen-bond acceptors (Lipinski definition) is 4. The monoisotopic (exact) mass is 421 g/mol. The summed E-state index contributed by atoms with van der Waals surface area (Å²) in [6, 6.07) is 8.36. The number of benzene rings is 1. The molecule has 0 spiro atoms. The van der Waals surface area contributed by atoms with E-state index >= 15 is 0 Å². The molecule has 2 aromatic heterocycles.